The molecule has 0 aromatic carbocycles. The van der Waals surface area contributed by atoms with Crippen LogP contribution in [0.5, 0.6) is 0 Å². The normalized spacial score (nSPS) is 9.33. The molecule has 0 aliphatic rings. The Balaban J connectivity index is 2.72. The largest absolute Gasteiger partial charge is 0.367 e. The fourth-order valence-electron chi connectivity index (χ4n) is 0.529. The number of nitrogens with two attached hydrogens (primary N) is 1. The smallest absolute Gasteiger partial charge is 0.239 e. The second-order valence-electron chi connectivity index (χ2n) is 1.61. The van der Waals surface area contributed by atoms with E-state index < -0.39 is 0 Å². The van der Waals surface area contributed by atoms with Crippen LogP contribution in [0.25, 0.3) is 0 Å². The van der Waals surface area contributed by atoms with Gasteiger partial charge in [0.1, 0.15) is 6.33 Å². The second kappa shape index (κ2) is 2.30. The number of aromatic nitrogens is 3. The molecule has 0 radical (unpaired) electrons. The minimum Gasteiger partial charge on any atom is -0.367 e. The van der Waals surface area contributed by atoms with E-state index in [2.05, 4.69) is 16.7 Å². The lowest BCUT2D eigenvalue weighted by Gasteiger charge is -1.88. The van der Waals surface area contributed by atoms with Crippen molar-refractivity contribution in [1.82, 2.24) is 14.8 Å². The topological polar surface area (TPSA) is 56.7 Å². The van der Waals surface area contributed by atoms with E-state index in [0.717, 1.165) is 0 Å². The van der Waals surface area contributed by atoms with Gasteiger partial charge in [-0.05, 0) is 0 Å². The highest BCUT2D eigenvalue weighted by atomic mass is 15.3. The molecular weight excluding hydrogens is 116 g/mol. The summed E-state index contributed by atoms with van der Waals surface area (Å²) in [5.74, 6) is 0.303. The van der Waals surface area contributed by atoms with E-state index in [9.17, 15) is 0 Å². The Bertz CT molecular complexity index is 202. The first-order chi connectivity index (χ1) is 4.33. The zero-order valence-electron chi connectivity index (χ0n) is 4.99. The fourth-order valence-corrected chi connectivity index (χ4v) is 0.529. The lowest BCUT2D eigenvalue weighted by molar-refractivity contribution is 0.703. The van der Waals surface area contributed by atoms with Crippen LogP contribution < -0.4 is 5.73 Å². The van der Waals surface area contributed by atoms with Crippen molar-refractivity contribution < 1.29 is 0 Å². The van der Waals surface area contributed by atoms with Crippen LogP contribution in [-0.2, 0) is 6.54 Å². The van der Waals surface area contributed by atoms with Crippen LogP contribution in [0.3, 0.4) is 0 Å². The summed E-state index contributed by atoms with van der Waals surface area (Å²) in [7, 11) is 0. The number of hydrogen-bond donors (Lipinski definition) is 1. The van der Waals surface area contributed by atoms with Crippen LogP contribution in [0.2, 0.25) is 0 Å². The van der Waals surface area contributed by atoms with Gasteiger partial charge in [0.25, 0.3) is 0 Å². The van der Waals surface area contributed by atoms with Crippen molar-refractivity contribution >= 4 is 5.95 Å². The van der Waals surface area contributed by atoms with E-state index in [-0.39, 0.29) is 0 Å². The van der Waals surface area contributed by atoms with Crippen molar-refractivity contribution in [2.24, 2.45) is 0 Å². The lowest BCUT2D eigenvalue weighted by atomic mass is 10.6. The van der Waals surface area contributed by atoms with Gasteiger partial charge in [-0.1, -0.05) is 6.08 Å². The van der Waals surface area contributed by atoms with E-state index in [1.807, 2.05) is 0 Å². The van der Waals surface area contributed by atoms with Gasteiger partial charge in [0.15, 0.2) is 0 Å². The third-order valence-corrected chi connectivity index (χ3v) is 0.870. The van der Waals surface area contributed by atoms with Gasteiger partial charge in [-0.2, -0.15) is 0 Å². The fraction of sp³-hybridized carbons (Fsp3) is 0.200. The summed E-state index contributed by atoms with van der Waals surface area (Å²) >= 11 is 0. The molecule has 0 saturated carbocycles. The number of anilines is 1. The summed E-state index contributed by atoms with van der Waals surface area (Å²) in [6.45, 7) is 4.19. The van der Waals surface area contributed by atoms with Crippen LogP contribution in [-0.4, -0.2) is 14.8 Å². The first-order valence-electron chi connectivity index (χ1n) is 2.59. The molecule has 0 spiro atoms. The van der Waals surface area contributed by atoms with Crippen molar-refractivity contribution in [3.8, 4) is 0 Å². The standard InChI is InChI=1S/C5H8N4/c1-2-3-9-4-7-5(6)8-9/h2,4H,1,3H2,(H2,6,8). The third kappa shape index (κ3) is 1.28. The van der Waals surface area contributed by atoms with Crippen molar-refractivity contribution in [2.45, 2.75) is 6.54 Å². The van der Waals surface area contributed by atoms with Crippen LogP contribution in [0, 0.1) is 0 Å². The molecule has 0 saturated heterocycles. The van der Waals surface area contributed by atoms with E-state index in [1.165, 1.54) is 0 Å². The number of allylic oxidation sites excluding steroid dienone is 1. The van der Waals surface area contributed by atoms with Crippen LogP contribution in [0.1, 0.15) is 0 Å². The molecule has 48 valence electrons. The first kappa shape index (κ1) is 5.81. The molecule has 0 fully saturated rings. The number of hydrogen-bond acceptors (Lipinski definition) is 3. The molecule has 1 aromatic heterocycles. The van der Waals surface area contributed by atoms with Gasteiger partial charge < -0.3 is 5.73 Å². The molecule has 0 aliphatic heterocycles. The molecule has 4 nitrogen and oxygen atoms in total. The SMILES string of the molecule is C=CCn1cnc(N)n1. The average molecular weight is 124 g/mol. The van der Waals surface area contributed by atoms with Crippen molar-refractivity contribution in [1.29, 1.82) is 0 Å². The van der Waals surface area contributed by atoms with Gasteiger partial charge in [0, 0.05) is 0 Å². The summed E-state index contributed by atoms with van der Waals surface area (Å²) in [6.07, 6.45) is 3.30. The number of nitrogen functional groups attached to an aromatic ring is 1. The van der Waals surface area contributed by atoms with Gasteiger partial charge >= 0.3 is 0 Å². The highest BCUT2D eigenvalue weighted by Gasteiger charge is 1.89. The Morgan fingerprint density at radius 1 is 1.89 bits per heavy atom. The molecule has 0 amide bonds. The maximum atomic E-state index is 5.23. The highest BCUT2D eigenvalue weighted by Crippen LogP contribution is 1.87. The minimum absolute atomic E-state index is 0.303. The number of nitrogens with zero attached hydrogens (tertiary/aromatic N) is 3. The van der Waals surface area contributed by atoms with E-state index in [0.29, 0.717) is 12.5 Å². The Morgan fingerprint density at radius 3 is 3.11 bits per heavy atom. The Kier molecular flexibility index (Phi) is 1.48. The molecule has 1 rings (SSSR count). The summed E-state index contributed by atoms with van der Waals surface area (Å²) in [6, 6.07) is 0. The lowest BCUT2D eigenvalue weighted by Crippen LogP contribution is -1.96. The monoisotopic (exact) mass is 124 g/mol. The molecule has 0 atom stereocenters. The van der Waals surface area contributed by atoms with Crippen LogP contribution in [0.4, 0.5) is 5.95 Å². The molecule has 2 N–H and O–H groups in total. The van der Waals surface area contributed by atoms with Gasteiger partial charge in [-0.15, -0.1) is 11.7 Å². The van der Waals surface area contributed by atoms with Gasteiger partial charge in [-0.25, -0.2) is 9.67 Å². The summed E-state index contributed by atoms with van der Waals surface area (Å²) in [4.78, 5) is 3.72. The molecule has 1 heterocycles. The predicted octanol–water partition coefficient (Wildman–Crippen LogP) is 0.0463. The molecule has 0 unspecified atom stereocenters. The Hall–Kier alpha value is -1.32. The average Bonchev–Trinajstić information content (AvgIpc) is 2.17. The summed E-state index contributed by atoms with van der Waals surface area (Å²) < 4.78 is 1.61. The second-order valence-corrected chi connectivity index (χ2v) is 1.61. The minimum atomic E-state index is 0.303. The summed E-state index contributed by atoms with van der Waals surface area (Å²) in [5.41, 5.74) is 5.23. The van der Waals surface area contributed by atoms with Gasteiger partial charge in [-0.3, -0.25) is 0 Å². The van der Waals surface area contributed by atoms with Crippen molar-refractivity contribution in [2.75, 3.05) is 5.73 Å². The van der Waals surface area contributed by atoms with Gasteiger partial charge in [0.05, 0.1) is 6.54 Å². The zero-order chi connectivity index (χ0) is 6.69. The van der Waals surface area contributed by atoms with Gasteiger partial charge in [0.2, 0.25) is 5.95 Å². The number of rotatable bonds is 2. The Labute approximate surface area is 53.0 Å². The predicted molar refractivity (Wildman–Crippen MR) is 34.6 cm³/mol. The zero-order valence-corrected chi connectivity index (χ0v) is 4.99. The molecule has 0 bridgehead atoms. The Morgan fingerprint density at radius 2 is 2.67 bits per heavy atom. The molecule has 9 heavy (non-hydrogen) atoms. The maximum absolute atomic E-state index is 5.23. The molecule has 4 heteroatoms. The quantitative estimate of drug-likeness (QED) is 0.566. The third-order valence-electron chi connectivity index (χ3n) is 0.870. The van der Waals surface area contributed by atoms with Crippen molar-refractivity contribution in [3.63, 3.8) is 0 Å². The van der Waals surface area contributed by atoms with E-state index in [1.54, 1.807) is 17.1 Å². The first-order valence-corrected chi connectivity index (χ1v) is 2.59. The van der Waals surface area contributed by atoms with Crippen LogP contribution >= 0.6 is 0 Å². The molecule has 0 aliphatic carbocycles. The van der Waals surface area contributed by atoms with Crippen molar-refractivity contribution in [3.05, 3.63) is 19.0 Å². The summed E-state index contributed by atoms with van der Waals surface area (Å²) in [5, 5.41) is 3.81. The van der Waals surface area contributed by atoms with E-state index in [4.69, 9.17) is 5.73 Å². The molecular formula is C5H8N4. The maximum Gasteiger partial charge on any atom is 0.239 e. The van der Waals surface area contributed by atoms with E-state index >= 15 is 0 Å². The highest BCUT2D eigenvalue weighted by molar-refractivity contribution is 5.09. The molecule has 1 aromatic rings. The van der Waals surface area contributed by atoms with Crippen LogP contribution in [0.15, 0.2) is 19.0 Å².